The molecule has 0 aliphatic carbocycles. The third kappa shape index (κ3) is 6.41. The van der Waals surface area contributed by atoms with Crippen molar-refractivity contribution in [2.75, 3.05) is 0 Å². The lowest BCUT2D eigenvalue weighted by atomic mass is 9.94. The van der Waals surface area contributed by atoms with E-state index in [-0.39, 0.29) is 0 Å². The molecule has 0 amide bonds. The number of carboxylic acids is 1. The molecule has 0 spiro atoms. The summed E-state index contributed by atoms with van der Waals surface area (Å²) in [5.74, 6) is -0.107. The smallest absolute Gasteiger partial charge is 0.321 e. The van der Waals surface area contributed by atoms with Crippen LogP contribution >= 0.6 is 11.8 Å². The molecular weight excluding hydrogens is 294 g/mol. The van der Waals surface area contributed by atoms with Crippen LogP contribution < -0.4 is 5.73 Å². The number of thioether (sulfide) groups is 1. The van der Waals surface area contributed by atoms with Crippen LogP contribution in [0.2, 0.25) is 0 Å². The molecule has 22 heavy (non-hydrogen) atoms. The van der Waals surface area contributed by atoms with Crippen LogP contribution in [-0.2, 0) is 10.5 Å². The van der Waals surface area contributed by atoms with Crippen LogP contribution in [0, 0.1) is 0 Å². The van der Waals surface area contributed by atoms with E-state index >= 15 is 0 Å². The molecule has 3 nitrogen and oxygen atoms in total. The average Bonchev–Trinajstić information content (AvgIpc) is 2.53. The van der Waals surface area contributed by atoms with Crippen molar-refractivity contribution in [3.05, 3.63) is 35.9 Å². The third-order valence-electron chi connectivity index (χ3n) is 4.11. The Morgan fingerprint density at radius 1 is 1.23 bits per heavy atom. The maximum Gasteiger partial charge on any atom is 0.321 e. The van der Waals surface area contributed by atoms with E-state index in [4.69, 9.17) is 5.73 Å². The molecule has 1 aromatic rings. The summed E-state index contributed by atoms with van der Waals surface area (Å²) in [6.07, 6.45) is 6.73. The molecular formula is C18H29NO2S. The summed E-state index contributed by atoms with van der Waals surface area (Å²) >= 11 is 1.67. The number of aliphatic carboxylic acids is 1. The predicted molar refractivity (Wildman–Crippen MR) is 95.1 cm³/mol. The van der Waals surface area contributed by atoms with Crippen LogP contribution in [0.15, 0.2) is 30.3 Å². The lowest BCUT2D eigenvalue weighted by Crippen LogP contribution is -2.48. The maximum absolute atomic E-state index is 11.4. The van der Waals surface area contributed by atoms with Crippen molar-refractivity contribution in [2.45, 2.75) is 68.9 Å². The molecule has 1 aromatic carbocycles. The minimum Gasteiger partial charge on any atom is -0.480 e. The summed E-state index contributed by atoms with van der Waals surface area (Å²) in [6.45, 7) is 4.19. The molecule has 0 aromatic heterocycles. The molecule has 4 heteroatoms. The largest absolute Gasteiger partial charge is 0.480 e. The Morgan fingerprint density at radius 3 is 2.45 bits per heavy atom. The fourth-order valence-corrected chi connectivity index (χ4v) is 3.74. The molecule has 124 valence electrons. The number of hydrogen-bond acceptors (Lipinski definition) is 3. The van der Waals surface area contributed by atoms with Gasteiger partial charge in [-0.3, -0.25) is 4.79 Å². The molecule has 0 saturated heterocycles. The predicted octanol–water partition coefficient (Wildman–Crippen LogP) is 4.45. The van der Waals surface area contributed by atoms with Crippen LogP contribution in [-0.4, -0.2) is 21.9 Å². The molecule has 3 N–H and O–H groups in total. The van der Waals surface area contributed by atoms with Crippen molar-refractivity contribution in [3.63, 3.8) is 0 Å². The number of rotatable bonds is 11. The number of hydrogen-bond donors (Lipinski definition) is 2. The Balaban J connectivity index is 2.59. The second-order valence-corrected chi connectivity index (χ2v) is 7.58. The molecule has 0 aliphatic rings. The average molecular weight is 324 g/mol. The lowest BCUT2D eigenvalue weighted by molar-refractivity contribution is -0.139. The zero-order valence-electron chi connectivity index (χ0n) is 13.8. The minimum atomic E-state index is -0.906. The Morgan fingerprint density at radius 2 is 1.86 bits per heavy atom. The summed E-state index contributed by atoms with van der Waals surface area (Å²) in [5.41, 5.74) is 7.19. The highest BCUT2D eigenvalue weighted by Crippen LogP contribution is 2.36. The van der Waals surface area contributed by atoms with Gasteiger partial charge < -0.3 is 10.8 Å². The summed E-state index contributed by atoms with van der Waals surface area (Å²) in [4.78, 5) is 11.4. The molecule has 0 fully saturated rings. The van der Waals surface area contributed by atoms with Crippen LogP contribution in [0.1, 0.15) is 57.9 Å². The van der Waals surface area contributed by atoms with E-state index in [1.165, 1.54) is 24.8 Å². The van der Waals surface area contributed by atoms with Crippen molar-refractivity contribution in [2.24, 2.45) is 5.73 Å². The Kier molecular flexibility index (Phi) is 8.57. The number of carboxylic acid groups (broad SMARTS) is 1. The van der Waals surface area contributed by atoms with Crippen LogP contribution in [0.4, 0.5) is 0 Å². The van der Waals surface area contributed by atoms with Crippen molar-refractivity contribution in [1.29, 1.82) is 0 Å². The zero-order valence-corrected chi connectivity index (χ0v) is 14.6. The summed E-state index contributed by atoms with van der Waals surface area (Å²) in [7, 11) is 0. The molecule has 0 saturated carbocycles. The summed E-state index contributed by atoms with van der Waals surface area (Å²) in [6, 6.07) is 9.32. The first-order chi connectivity index (χ1) is 10.5. The number of nitrogens with two attached hydrogens (primary N) is 1. The zero-order chi connectivity index (χ0) is 16.4. The molecule has 0 bridgehead atoms. The van der Waals surface area contributed by atoms with Gasteiger partial charge in [-0.05, 0) is 18.9 Å². The second kappa shape index (κ2) is 9.90. The van der Waals surface area contributed by atoms with Gasteiger partial charge in [0.05, 0.1) is 0 Å². The molecule has 0 radical (unpaired) electrons. The van der Waals surface area contributed by atoms with Gasteiger partial charge in [0.1, 0.15) is 6.04 Å². The minimum absolute atomic E-state index is 0.423. The fraction of sp³-hybridized carbons (Fsp3) is 0.611. The van der Waals surface area contributed by atoms with Crippen molar-refractivity contribution in [1.82, 2.24) is 0 Å². The summed E-state index contributed by atoms with van der Waals surface area (Å²) in [5, 5.41) is 9.32. The van der Waals surface area contributed by atoms with E-state index in [2.05, 4.69) is 19.1 Å². The molecule has 1 rings (SSSR count). The highest BCUT2D eigenvalue weighted by atomic mass is 32.2. The van der Waals surface area contributed by atoms with Crippen LogP contribution in [0.3, 0.4) is 0 Å². The van der Waals surface area contributed by atoms with Gasteiger partial charge in [-0.15, -0.1) is 11.8 Å². The van der Waals surface area contributed by atoms with Crippen LogP contribution in [0.5, 0.6) is 0 Å². The molecule has 0 aliphatic heterocycles. The first-order valence-corrected chi connectivity index (χ1v) is 9.14. The van der Waals surface area contributed by atoms with Crippen molar-refractivity contribution in [3.8, 4) is 0 Å². The number of benzene rings is 1. The monoisotopic (exact) mass is 323 g/mol. The van der Waals surface area contributed by atoms with E-state index in [0.29, 0.717) is 0 Å². The number of unbranched alkanes of at least 4 members (excludes halogenated alkanes) is 4. The van der Waals surface area contributed by atoms with E-state index in [9.17, 15) is 9.90 Å². The third-order valence-corrected chi connectivity index (χ3v) is 5.71. The molecule has 2 atom stereocenters. The quantitative estimate of drug-likeness (QED) is 0.591. The van der Waals surface area contributed by atoms with Crippen molar-refractivity contribution < 1.29 is 9.90 Å². The first-order valence-electron chi connectivity index (χ1n) is 8.16. The first kappa shape index (κ1) is 19.0. The van der Waals surface area contributed by atoms with Crippen molar-refractivity contribution >= 4 is 17.7 Å². The maximum atomic E-state index is 11.4. The molecule has 0 heterocycles. The Labute approximate surface area is 138 Å². The lowest BCUT2D eigenvalue weighted by Gasteiger charge is -2.32. The molecule has 2 unspecified atom stereocenters. The van der Waals surface area contributed by atoms with E-state index < -0.39 is 16.8 Å². The van der Waals surface area contributed by atoms with Gasteiger partial charge in [0.25, 0.3) is 0 Å². The Bertz CT molecular complexity index is 438. The van der Waals surface area contributed by atoms with E-state index in [0.717, 1.165) is 25.0 Å². The van der Waals surface area contributed by atoms with Gasteiger partial charge >= 0.3 is 5.97 Å². The normalized spacial score (nSPS) is 15.2. The second-order valence-electron chi connectivity index (χ2n) is 6.07. The van der Waals surface area contributed by atoms with Gasteiger partial charge in [-0.2, -0.15) is 0 Å². The van der Waals surface area contributed by atoms with E-state index in [1.807, 2.05) is 25.1 Å². The standard InChI is InChI=1S/C18H29NO2S/c1-3-4-5-6-10-13-18(2,16(19)17(20)21)22-14-15-11-8-7-9-12-15/h7-9,11-12,16H,3-6,10,13-14,19H2,1-2H3,(H,20,21). The topological polar surface area (TPSA) is 63.3 Å². The Hall–Kier alpha value is -1.00. The SMILES string of the molecule is CCCCCCCC(C)(SCc1ccccc1)C(N)C(=O)O. The van der Waals surface area contributed by atoms with Gasteiger partial charge in [0.15, 0.2) is 0 Å². The fourth-order valence-electron chi connectivity index (χ4n) is 2.48. The van der Waals surface area contributed by atoms with Gasteiger partial charge in [-0.25, -0.2) is 0 Å². The highest BCUT2D eigenvalue weighted by Gasteiger charge is 2.36. The van der Waals surface area contributed by atoms with Gasteiger partial charge in [-0.1, -0.05) is 69.4 Å². The highest BCUT2D eigenvalue weighted by molar-refractivity contribution is 8.00. The van der Waals surface area contributed by atoms with Gasteiger partial charge in [0, 0.05) is 10.5 Å². The number of carbonyl (C=O) groups is 1. The van der Waals surface area contributed by atoms with E-state index in [1.54, 1.807) is 11.8 Å². The van der Waals surface area contributed by atoms with Gasteiger partial charge in [0.2, 0.25) is 0 Å². The van der Waals surface area contributed by atoms with Crippen LogP contribution in [0.25, 0.3) is 0 Å². The summed E-state index contributed by atoms with van der Waals surface area (Å²) < 4.78 is -0.423.